The fourth-order valence-corrected chi connectivity index (χ4v) is 1.78. The quantitative estimate of drug-likeness (QED) is 0.875. The summed E-state index contributed by atoms with van der Waals surface area (Å²) in [4.78, 5) is 4.14. The van der Waals surface area contributed by atoms with Crippen LogP contribution in [-0.2, 0) is 0 Å². The van der Waals surface area contributed by atoms with Crippen molar-refractivity contribution >= 4 is 0 Å². The first kappa shape index (κ1) is 16.0. The molecule has 3 nitrogen and oxygen atoms in total. The Hall–Kier alpha value is -1.09. The van der Waals surface area contributed by atoms with Crippen molar-refractivity contribution in [1.29, 1.82) is 0 Å². The van der Waals surface area contributed by atoms with E-state index in [9.17, 15) is 5.11 Å². The molecule has 0 aromatic carbocycles. The minimum absolute atomic E-state index is 0.114. The van der Waals surface area contributed by atoms with Gasteiger partial charge in [-0.1, -0.05) is 27.7 Å². The number of pyridine rings is 1. The summed E-state index contributed by atoms with van der Waals surface area (Å²) in [6.45, 7) is 12.7. The van der Waals surface area contributed by atoms with Crippen molar-refractivity contribution in [3.8, 4) is 5.75 Å². The van der Waals surface area contributed by atoms with Gasteiger partial charge in [-0.2, -0.15) is 0 Å². The molecule has 1 aromatic rings. The summed E-state index contributed by atoms with van der Waals surface area (Å²) in [5.74, 6) is 1.15. The van der Waals surface area contributed by atoms with E-state index in [0.717, 1.165) is 17.7 Å². The van der Waals surface area contributed by atoms with Crippen LogP contribution >= 0.6 is 0 Å². The molecule has 1 N–H and O–H groups in total. The highest BCUT2D eigenvalue weighted by atomic mass is 16.5. The maximum Gasteiger partial charge on any atom is 0.138 e. The Kier molecular flexibility index (Phi) is 5.36. The van der Waals surface area contributed by atoms with Crippen LogP contribution in [-0.4, -0.2) is 16.2 Å². The van der Waals surface area contributed by atoms with E-state index in [4.69, 9.17) is 4.74 Å². The number of aliphatic hydroxyl groups is 1. The second-order valence-electron chi connectivity index (χ2n) is 6.64. The molecule has 0 aliphatic heterocycles. The van der Waals surface area contributed by atoms with Crippen LogP contribution in [0.15, 0.2) is 18.5 Å². The molecule has 2 atom stereocenters. The SMILES string of the molecule is CC(C)Oc1cncc(C(O)CC(C)C(C)(C)C)c1. The molecule has 0 saturated carbocycles. The summed E-state index contributed by atoms with van der Waals surface area (Å²) in [6.07, 6.45) is 3.76. The number of ether oxygens (including phenoxy) is 1. The molecule has 1 rings (SSSR count). The highest BCUT2D eigenvalue weighted by molar-refractivity contribution is 5.25. The fraction of sp³-hybridized carbons (Fsp3) is 0.688. The van der Waals surface area contributed by atoms with Crippen LogP contribution in [0.1, 0.15) is 59.6 Å². The van der Waals surface area contributed by atoms with Crippen LogP contribution in [0.25, 0.3) is 0 Å². The van der Waals surface area contributed by atoms with E-state index in [-0.39, 0.29) is 11.5 Å². The van der Waals surface area contributed by atoms with E-state index < -0.39 is 6.10 Å². The zero-order valence-corrected chi connectivity index (χ0v) is 13.0. The highest BCUT2D eigenvalue weighted by Gasteiger charge is 2.23. The van der Waals surface area contributed by atoms with Crippen LogP contribution in [0.2, 0.25) is 0 Å². The summed E-state index contributed by atoms with van der Waals surface area (Å²) in [7, 11) is 0. The van der Waals surface area contributed by atoms with E-state index in [1.165, 1.54) is 0 Å². The van der Waals surface area contributed by atoms with Crippen molar-refractivity contribution in [2.75, 3.05) is 0 Å². The smallest absolute Gasteiger partial charge is 0.138 e. The zero-order valence-electron chi connectivity index (χ0n) is 13.0. The molecule has 0 amide bonds. The van der Waals surface area contributed by atoms with Gasteiger partial charge >= 0.3 is 0 Å². The average Bonchev–Trinajstić information content (AvgIpc) is 2.27. The standard InChI is InChI=1S/C16H27NO2/c1-11(2)19-14-8-13(9-17-10-14)15(18)7-12(3)16(4,5)6/h8-12,15,18H,7H2,1-6H3. The van der Waals surface area contributed by atoms with Crippen molar-refractivity contribution in [3.05, 3.63) is 24.0 Å². The monoisotopic (exact) mass is 265 g/mol. The number of hydrogen-bond acceptors (Lipinski definition) is 3. The third-order valence-corrected chi connectivity index (χ3v) is 3.55. The minimum atomic E-state index is -0.488. The van der Waals surface area contributed by atoms with Gasteiger partial charge in [-0.15, -0.1) is 0 Å². The molecule has 108 valence electrons. The maximum absolute atomic E-state index is 10.3. The second kappa shape index (κ2) is 6.38. The van der Waals surface area contributed by atoms with Gasteiger partial charge in [0.2, 0.25) is 0 Å². The maximum atomic E-state index is 10.3. The molecular weight excluding hydrogens is 238 g/mol. The minimum Gasteiger partial charge on any atom is -0.489 e. The summed E-state index contributed by atoms with van der Waals surface area (Å²) in [5.41, 5.74) is 1.02. The second-order valence-corrected chi connectivity index (χ2v) is 6.64. The van der Waals surface area contributed by atoms with Crippen LogP contribution in [0, 0.1) is 11.3 Å². The van der Waals surface area contributed by atoms with Crippen LogP contribution in [0.5, 0.6) is 5.75 Å². The first-order valence-corrected chi connectivity index (χ1v) is 7.00. The van der Waals surface area contributed by atoms with E-state index in [0.29, 0.717) is 5.92 Å². The Morgan fingerprint density at radius 2 is 1.84 bits per heavy atom. The average molecular weight is 265 g/mol. The van der Waals surface area contributed by atoms with Crippen LogP contribution < -0.4 is 4.74 Å². The summed E-state index contributed by atoms with van der Waals surface area (Å²) < 4.78 is 5.60. The number of aliphatic hydroxyl groups excluding tert-OH is 1. The van der Waals surface area contributed by atoms with Crippen molar-refractivity contribution in [2.45, 2.75) is 60.2 Å². The molecule has 0 aliphatic rings. The Balaban J connectivity index is 2.74. The summed E-state index contributed by atoms with van der Waals surface area (Å²) in [6, 6.07) is 1.88. The largest absolute Gasteiger partial charge is 0.489 e. The van der Waals surface area contributed by atoms with Crippen LogP contribution in [0.4, 0.5) is 0 Å². The first-order valence-electron chi connectivity index (χ1n) is 7.00. The normalized spacial score (nSPS) is 15.4. The van der Waals surface area contributed by atoms with E-state index in [1.807, 2.05) is 19.9 Å². The predicted molar refractivity (Wildman–Crippen MR) is 78.2 cm³/mol. The topological polar surface area (TPSA) is 42.4 Å². The van der Waals surface area contributed by atoms with Crippen LogP contribution in [0.3, 0.4) is 0 Å². The molecule has 1 aromatic heterocycles. The van der Waals surface area contributed by atoms with E-state index in [2.05, 4.69) is 32.7 Å². The Morgan fingerprint density at radius 3 is 2.37 bits per heavy atom. The van der Waals surface area contributed by atoms with Gasteiger partial charge in [0.15, 0.2) is 0 Å². The highest BCUT2D eigenvalue weighted by Crippen LogP contribution is 2.33. The lowest BCUT2D eigenvalue weighted by molar-refractivity contribution is 0.110. The molecule has 3 heteroatoms. The summed E-state index contributed by atoms with van der Waals surface area (Å²) >= 11 is 0. The lowest BCUT2D eigenvalue weighted by Crippen LogP contribution is -2.20. The fourth-order valence-electron chi connectivity index (χ4n) is 1.78. The third kappa shape index (κ3) is 5.19. The molecule has 0 fully saturated rings. The van der Waals surface area contributed by atoms with Gasteiger partial charge in [-0.05, 0) is 37.7 Å². The van der Waals surface area contributed by atoms with Gasteiger partial charge in [0.1, 0.15) is 5.75 Å². The van der Waals surface area contributed by atoms with Crippen molar-refractivity contribution in [2.24, 2.45) is 11.3 Å². The first-order chi connectivity index (χ1) is 8.70. The number of aromatic nitrogens is 1. The predicted octanol–water partition coefficient (Wildman–Crippen LogP) is 3.97. The molecule has 0 aliphatic carbocycles. The van der Waals surface area contributed by atoms with Gasteiger partial charge in [-0.25, -0.2) is 0 Å². The van der Waals surface area contributed by atoms with E-state index in [1.54, 1.807) is 12.4 Å². The lowest BCUT2D eigenvalue weighted by atomic mass is 9.78. The Labute approximate surface area is 117 Å². The molecule has 0 saturated heterocycles. The van der Waals surface area contributed by atoms with Gasteiger partial charge < -0.3 is 9.84 Å². The van der Waals surface area contributed by atoms with Crippen molar-refractivity contribution in [3.63, 3.8) is 0 Å². The lowest BCUT2D eigenvalue weighted by Gasteiger charge is -2.29. The number of rotatable bonds is 5. The van der Waals surface area contributed by atoms with Gasteiger partial charge in [0, 0.05) is 11.8 Å². The number of hydrogen-bond donors (Lipinski definition) is 1. The molecule has 0 radical (unpaired) electrons. The zero-order chi connectivity index (χ0) is 14.6. The Bertz CT molecular complexity index is 396. The summed E-state index contributed by atoms with van der Waals surface area (Å²) in [5, 5.41) is 10.3. The van der Waals surface area contributed by atoms with Crippen molar-refractivity contribution in [1.82, 2.24) is 4.98 Å². The molecule has 1 heterocycles. The molecular formula is C16H27NO2. The Morgan fingerprint density at radius 1 is 1.21 bits per heavy atom. The third-order valence-electron chi connectivity index (χ3n) is 3.55. The molecule has 19 heavy (non-hydrogen) atoms. The number of nitrogens with zero attached hydrogens (tertiary/aromatic N) is 1. The van der Waals surface area contributed by atoms with Crippen molar-refractivity contribution < 1.29 is 9.84 Å². The molecule has 0 bridgehead atoms. The molecule has 2 unspecified atom stereocenters. The van der Waals surface area contributed by atoms with Gasteiger partial charge in [0.05, 0.1) is 18.4 Å². The van der Waals surface area contributed by atoms with Gasteiger partial charge in [-0.3, -0.25) is 4.98 Å². The van der Waals surface area contributed by atoms with Gasteiger partial charge in [0.25, 0.3) is 0 Å². The van der Waals surface area contributed by atoms with E-state index >= 15 is 0 Å². The molecule has 0 spiro atoms.